The summed E-state index contributed by atoms with van der Waals surface area (Å²) < 4.78 is 0. The molecule has 1 aliphatic rings. The minimum absolute atomic E-state index is 0. The Morgan fingerprint density at radius 1 is 1.00 bits per heavy atom. The summed E-state index contributed by atoms with van der Waals surface area (Å²) in [6.45, 7) is 8.83. The van der Waals surface area contributed by atoms with Crippen LogP contribution in [0.3, 0.4) is 0 Å². The van der Waals surface area contributed by atoms with Gasteiger partial charge in [0, 0.05) is 45.0 Å². The third kappa shape index (κ3) is 9.30. The second kappa shape index (κ2) is 14.2. The van der Waals surface area contributed by atoms with E-state index in [1.165, 1.54) is 5.56 Å². The van der Waals surface area contributed by atoms with Gasteiger partial charge in [0.15, 0.2) is 5.96 Å². The number of carbonyl (C=O) groups excluding carboxylic acids is 1. The molecule has 0 aromatic heterocycles. The van der Waals surface area contributed by atoms with Crippen molar-refractivity contribution in [3.8, 4) is 0 Å². The number of benzene rings is 2. The van der Waals surface area contributed by atoms with Crippen molar-refractivity contribution in [2.75, 3.05) is 58.7 Å². The van der Waals surface area contributed by atoms with Crippen LogP contribution in [0.25, 0.3) is 0 Å². The van der Waals surface area contributed by atoms with Crippen LogP contribution in [0.2, 0.25) is 0 Å². The Morgan fingerprint density at radius 3 is 2.36 bits per heavy atom. The molecule has 0 bridgehead atoms. The summed E-state index contributed by atoms with van der Waals surface area (Å²) in [6.07, 6.45) is 0. The SMILES string of the molecule is CCNC(=NCc1cccc(NC(=O)CN(C)C)c1)N1CCN(Cc2ccccc2)CC1.I. The smallest absolute Gasteiger partial charge is 0.238 e. The van der Waals surface area contributed by atoms with Crippen molar-refractivity contribution in [3.63, 3.8) is 0 Å². The highest BCUT2D eigenvalue weighted by Crippen LogP contribution is 2.13. The van der Waals surface area contributed by atoms with Crippen LogP contribution in [0, 0.1) is 0 Å². The zero-order chi connectivity index (χ0) is 22.8. The quantitative estimate of drug-likeness (QED) is 0.293. The van der Waals surface area contributed by atoms with Gasteiger partial charge < -0.3 is 20.4 Å². The molecule has 0 atom stereocenters. The molecule has 0 unspecified atom stereocenters. The molecule has 2 N–H and O–H groups in total. The zero-order valence-corrected chi connectivity index (χ0v) is 22.3. The van der Waals surface area contributed by atoms with E-state index < -0.39 is 0 Å². The van der Waals surface area contributed by atoms with Crippen LogP contribution in [0.15, 0.2) is 59.6 Å². The van der Waals surface area contributed by atoms with Gasteiger partial charge in [0.05, 0.1) is 13.1 Å². The van der Waals surface area contributed by atoms with E-state index in [1.54, 1.807) is 0 Å². The Bertz CT molecular complexity index is 881. The predicted octanol–water partition coefficient (Wildman–Crippen LogP) is 3.09. The van der Waals surface area contributed by atoms with Crippen LogP contribution in [0.4, 0.5) is 5.69 Å². The largest absolute Gasteiger partial charge is 0.357 e. The van der Waals surface area contributed by atoms with Crippen molar-refractivity contribution in [1.82, 2.24) is 20.0 Å². The second-order valence-corrected chi connectivity index (χ2v) is 8.41. The number of rotatable bonds is 8. The molecule has 1 fully saturated rings. The summed E-state index contributed by atoms with van der Waals surface area (Å²) in [5.74, 6) is 0.936. The molecular formula is C25H37IN6O. The molecule has 1 heterocycles. The van der Waals surface area contributed by atoms with Crippen LogP contribution < -0.4 is 10.6 Å². The second-order valence-electron chi connectivity index (χ2n) is 8.41. The first kappa shape index (κ1) is 27.1. The fourth-order valence-electron chi connectivity index (χ4n) is 3.79. The zero-order valence-electron chi connectivity index (χ0n) is 20.0. The number of hydrogen-bond donors (Lipinski definition) is 2. The van der Waals surface area contributed by atoms with Crippen molar-refractivity contribution >= 4 is 41.5 Å². The van der Waals surface area contributed by atoms with Crippen LogP contribution in [-0.4, -0.2) is 79.9 Å². The molecule has 7 nitrogen and oxygen atoms in total. The average Bonchev–Trinajstić information content (AvgIpc) is 2.78. The van der Waals surface area contributed by atoms with Gasteiger partial charge in [0.1, 0.15) is 0 Å². The molecule has 0 radical (unpaired) electrons. The highest BCUT2D eigenvalue weighted by Gasteiger charge is 2.19. The van der Waals surface area contributed by atoms with Crippen LogP contribution >= 0.6 is 24.0 Å². The van der Waals surface area contributed by atoms with Gasteiger partial charge in [-0.1, -0.05) is 42.5 Å². The number of piperazine rings is 1. The highest BCUT2D eigenvalue weighted by atomic mass is 127. The van der Waals surface area contributed by atoms with E-state index in [-0.39, 0.29) is 29.9 Å². The van der Waals surface area contributed by atoms with E-state index >= 15 is 0 Å². The monoisotopic (exact) mass is 564 g/mol. The van der Waals surface area contributed by atoms with Gasteiger partial charge in [-0.25, -0.2) is 4.99 Å². The molecule has 1 aliphatic heterocycles. The van der Waals surface area contributed by atoms with Crippen molar-refractivity contribution in [1.29, 1.82) is 0 Å². The fraction of sp³-hybridized carbons (Fsp3) is 0.440. The van der Waals surface area contributed by atoms with Crippen molar-refractivity contribution in [2.24, 2.45) is 4.99 Å². The van der Waals surface area contributed by atoms with Crippen LogP contribution in [0.1, 0.15) is 18.1 Å². The van der Waals surface area contributed by atoms with E-state index in [0.717, 1.165) is 56.5 Å². The van der Waals surface area contributed by atoms with Crippen LogP contribution in [0.5, 0.6) is 0 Å². The molecule has 0 aliphatic carbocycles. The number of carbonyl (C=O) groups is 1. The summed E-state index contributed by atoms with van der Waals surface area (Å²) in [5, 5.41) is 6.39. The number of amides is 1. The Kier molecular flexibility index (Phi) is 11.6. The molecule has 33 heavy (non-hydrogen) atoms. The normalized spacial score (nSPS) is 14.7. The van der Waals surface area contributed by atoms with Gasteiger partial charge in [-0.2, -0.15) is 0 Å². The minimum Gasteiger partial charge on any atom is -0.357 e. The van der Waals surface area contributed by atoms with Gasteiger partial charge in [-0.05, 0) is 44.3 Å². The molecule has 0 saturated carbocycles. The third-order valence-electron chi connectivity index (χ3n) is 5.34. The summed E-state index contributed by atoms with van der Waals surface area (Å²) in [4.78, 5) is 23.6. The maximum atomic E-state index is 12.0. The summed E-state index contributed by atoms with van der Waals surface area (Å²) in [6, 6.07) is 18.6. The first-order valence-corrected chi connectivity index (χ1v) is 11.4. The van der Waals surface area contributed by atoms with Crippen molar-refractivity contribution < 1.29 is 4.79 Å². The van der Waals surface area contributed by atoms with E-state index in [2.05, 4.69) is 57.7 Å². The van der Waals surface area contributed by atoms with E-state index in [1.807, 2.05) is 43.3 Å². The number of anilines is 1. The van der Waals surface area contributed by atoms with Gasteiger partial charge >= 0.3 is 0 Å². The Balaban J connectivity index is 0.00000385. The number of likely N-dealkylation sites (N-methyl/N-ethyl adjacent to an activating group) is 1. The lowest BCUT2D eigenvalue weighted by molar-refractivity contribution is -0.116. The van der Waals surface area contributed by atoms with Crippen molar-refractivity contribution in [2.45, 2.75) is 20.0 Å². The predicted molar refractivity (Wildman–Crippen MR) is 147 cm³/mol. The summed E-state index contributed by atoms with van der Waals surface area (Å²) in [5.41, 5.74) is 3.24. The number of hydrogen-bond acceptors (Lipinski definition) is 4. The van der Waals surface area contributed by atoms with E-state index in [9.17, 15) is 4.79 Å². The lowest BCUT2D eigenvalue weighted by atomic mass is 10.2. The van der Waals surface area contributed by atoms with E-state index in [0.29, 0.717) is 13.1 Å². The lowest BCUT2D eigenvalue weighted by Gasteiger charge is -2.36. The van der Waals surface area contributed by atoms with Crippen LogP contribution in [-0.2, 0) is 17.9 Å². The number of halogens is 1. The van der Waals surface area contributed by atoms with Gasteiger partial charge in [0.25, 0.3) is 0 Å². The molecule has 1 saturated heterocycles. The molecule has 2 aromatic carbocycles. The molecule has 2 aromatic rings. The summed E-state index contributed by atoms with van der Waals surface area (Å²) in [7, 11) is 3.77. The van der Waals surface area contributed by atoms with Gasteiger partial charge in [0.2, 0.25) is 5.91 Å². The number of nitrogens with one attached hydrogen (secondary N) is 2. The number of nitrogens with zero attached hydrogens (tertiary/aromatic N) is 4. The first-order chi connectivity index (χ1) is 15.5. The minimum atomic E-state index is -0.0163. The number of guanidine groups is 1. The fourth-order valence-corrected chi connectivity index (χ4v) is 3.79. The van der Waals surface area contributed by atoms with Gasteiger partial charge in [-0.15, -0.1) is 24.0 Å². The maximum Gasteiger partial charge on any atom is 0.238 e. The molecule has 0 spiro atoms. The Hall–Kier alpha value is -2.17. The summed E-state index contributed by atoms with van der Waals surface area (Å²) >= 11 is 0. The van der Waals surface area contributed by atoms with Gasteiger partial charge in [-0.3, -0.25) is 9.69 Å². The number of aliphatic imine (C=N–C) groups is 1. The topological polar surface area (TPSA) is 63.2 Å². The molecule has 180 valence electrons. The van der Waals surface area contributed by atoms with Crippen molar-refractivity contribution in [3.05, 3.63) is 65.7 Å². The Labute approximate surface area is 215 Å². The highest BCUT2D eigenvalue weighted by molar-refractivity contribution is 14.0. The first-order valence-electron chi connectivity index (χ1n) is 11.4. The third-order valence-corrected chi connectivity index (χ3v) is 5.34. The average molecular weight is 565 g/mol. The lowest BCUT2D eigenvalue weighted by Crippen LogP contribution is -2.52. The standard InChI is InChI=1S/C25H36N6O.HI/c1-4-26-25(31-15-13-30(14-16-31)19-21-9-6-5-7-10-21)27-18-22-11-8-12-23(17-22)28-24(32)20-29(2)3;/h5-12,17H,4,13-16,18-20H2,1-3H3,(H,26,27)(H,28,32);1H. The molecule has 3 rings (SSSR count). The molecule has 8 heteroatoms. The Morgan fingerprint density at radius 2 is 1.70 bits per heavy atom. The maximum absolute atomic E-state index is 12.0. The molecular weight excluding hydrogens is 527 g/mol. The molecule has 1 amide bonds. The van der Waals surface area contributed by atoms with E-state index in [4.69, 9.17) is 4.99 Å².